The molecule has 0 spiro atoms. The van der Waals surface area contributed by atoms with Crippen LogP contribution in [0, 0.1) is 11.8 Å². The maximum Gasteiger partial charge on any atom is 0.182 e. The van der Waals surface area contributed by atoms with Gasteiger partial charge in [-0.25, -0.2) is 8.42 Å². The van der Waals surface area contributed by atoms with E-state index in [0.717, 1.165) is 19.3 Å². The van der Waals surface area contributed by atoms with Gasteiger partial charge in [0.1, 0.15) is 0 Å². The van der Waals surface area contributed by atoms with E-state index in [1.807, 2.05) is 0 Å². The Morgan fingerprint density at radius 3 is 2.56 bits per heavy atom. The minimum atomic E-state index is -3.30. The van der Waals surface area contributed by atoms with Crippen molar-refractivity contribution >= 4 is 27.1 Å². The summed E-state index contributed by atoms with van der Waals surface area (Å²) in [6.45, 7) is 0. The molecule has 98 valence electrons. The molecule has 2 fully saturated rings. The monoisotopic (exact) mass is 285 g/mol. The molecule has 0 aliphatic heterocycles. The molecule has 0 aromatic heterocycles. The van der Waals surface area contributed by atoms with Crippen LogP contribution in [-0.2, 0) is 9.84 Å². The second-order valence-corrected chi connectivity index (χ2v) is 7.99. The Bertz CT molecular complexity index is 585. The molecule has 0 saturated heterocycles. The average Bonchev–Trinajstić information content (AvgIpc) is 2.90. The van der Waals surface area contributed by atoms with E-state index >= 15 is 0 Å². The van der Waals surface area contributed by atoms with Crippen molar-refractivity contribution in [2.45, 2.75) is 35.8 Å². The Kier molecular flexibility index (Phi) is 2.83. The van der Waals surface area contributed by atoms with Crippen LogP contribution in [-0.4, -0.2) is 13.7 Å². The summed E-state index contributed by atoms with van der Waals surface area (Å²) in [6, 6.07) is 4.66. The summed E-state index contributed by atoms with van der Waals surface area (Å²) in [5.41, 5.74) is 6.10. The first-order valence-electron chi connectivity index (χ1n) is 6.27. The Morgan fingerprint density at radius 2 is 2.00 bits per heavy atom. The first-order chi connectivity index (χ1) is 8.48. The number of rotatable bonds is 2. The standard InChI is InChI=1S/C13H16ClNO2S/c14-11-7-10(15)3-4-12(11)18(16,17)13-6-8-1-2-9(13)5-8/h3-4,7-9,13H,1-2,5-6,15H2. The van der Waals surface area contributed by atoms with Crippen LogP contribution in [0.5, 0.6) is 0 Å². The molecule has 2 aliphatic carbocycles. The summed E-state index contributed by atoms with van der Waals surface area (Å²) in [4.78, 5) is 0.246. The highest BCUT2D eigenvalue weighted by Crippen LogP contribution is 2.49. The van der Waals surface area contributed by atoms with Crippen molar-refractivity contribution in [1.29, 1.82) is 0 Å². The second-order valence-electron chi connectivity index (χ2n) is 5.45. The molecule has 0 heterocycles. The third-order valence-electron chi connectivity index (χ3n) is 4.33. The van der Waals surface area contributed by atoms with E-state index < -0.39 is 9.84 Å². The van der Waals surface area contributed by atoms with Gasteiger partial charge >= 0.3 is 0 Å². The van der Waals surface area contributed by atoms with Crippen molar-refractivity contribution < 1.29 is 8.42 Å². The molecule has 0 radical (unpaired) electrons. The fourth-order valence-electron chi connectivity index (χ4n) is 3.48. The van der Waals surface area contributed by atoms with E-state index in [-0.39, 0.29) is 15.2 Å². The molecule has 3 nitrogen and oxygen atoms in total. The number of sulfone groups is 1. The third-order valence-corrected chi connectivity index (χ3v) is 7.10. The quantitative estimate of drug-likeness (QED) is 0.850. The maximum absolute atomic E-state index is 12.6. The molecule has 1 aromatic carbocycles. The predicted octanol–water partition coefficient (Wildman–Crippen LogP) is 2.88. The number of anilines is 1. The van der Waals surface area contributed by atoms with Gasteiger partial charge in [-0.05, 0) is 49.3 Å². The zero-order valence-corrected chi connectivity index (χ0v) is 11.5. The van der Waals surface area contributed by atoms with Crippen LogP contribution >= 0.6 is 11.6 Å². The lowest BCUT2D eigenvalue weighted by Crippen LogP contribution is -2.27. The van der Waals surface area contributed by atoms with Gasteiger partial charge in [0.25, 0.3) is 0 Å². The summed E-state index contributed by atoms with van der Waals surface area (Å²) >= 11 is 6.04. The van der Waals surface area contributed by atoms with Gasteiger partial charge in [-0.1, -0.05) is 18.0 Å². The molecule has 2 aliphatic rings. The van der Waals surface area contributed by atoms with Gasteiger partial charge in [0, 0.05) is 5.69 Å². The van der Waals surface area contributed by atoms with Gasteiger partial charge in [0.05, 0.1) is 15.2 Å². The molecule has 5 heteroatoms. The van der Waals surface area contributed by atoms with E-state index in [1.165, 1.54) is 12.5 Å². The van der Waals surface area contributed by atoms with E-state index in [2.05, 4.69) is 0 Å². The highest BCUT2D eigenvalue weighted by atomic mass is 35.5. The van der Waals surface area contributed by atoms with Crippen molar-refractivity contribution in [3.05, 3.63) is 23.2 Å². The van der Waals surface area contributed by atoms with Gasteiger partial charge in [0.15, 0.2) is 9.84 Å². The molecule has 3 unspecified atom stereocenters. The molecule has 3 rings (SSSR count). The van der Waals surface area contributed by atoms with Crippen LogP contribution < -0.4 is 5.73 Å². The Labute approximate surface area is 112 Å². The first kappa shape index (κ1) is 12.3. The lowest BCUT2D eigenvalue weighted by atomic mass is 10.0. The molecule has 1 aromatic rings. The summed E-state index contributed by atoms with van der Waals surface area (Å²) in [6.07, 6.45) is 4.09. The lowest BCUT2D eigenvalue weighted by molar-refractivity contribution is 0.465. The molecule has 18 heavy (non-hydrogen) atoms. The van der Waals surface area contributed by atoms with Crippen molar-refractivity contribution in [3.63, 3.8) is 0 Å². The van der Waals surface area contributed by atoms with Gasteiger partial charge < -0.3 is 5.73 Å². The van der Waals surface area contributed by atoms with E-state index in [9.17, 15) is 8.42 Å². The van der Waals surface area contributed by atoms with E-state index in [4.69, 9.17) is 17.3 Å². The molecule has 2 saturated carbocycles. The predicted molar refractivity (Wildman–Crippen MR) is 72.3 cm³/mol. The molecule has 0 amide bonds. The lowest BCUT2D eigenvalue weighted by Gasteiger charge is -2.22. The highest BCUT2D eigenvalue weighted by molar-refractivity contribution is 7.92. The molecular formula is C13H16ClNO2S. The number of fused-ring (bicyclic) bond motifs is 2. The average molecular weight is 286 g/mol. The maximum atomic E-state index is 12.6. The van der Waals surface area contributed by atoms with Crippen molar-refractivity contribution in [1.82, 2.24) is 0 Å². The number of hydrogen-bond acceptors (Lipinski definition) is 3. The number of hydrogen-bond donors (Lipinski definition) is 1. The normalized spacial score (nSPS) is 30.8. The molecule has 3 atom stereocenters. The van der Waals surface area contributed by atoms with Crippen LogP contribution in [0.3, 0.4) is 0 Å². The minimum absolute atomic E-state index is 0.239. The largest absolute Gasteiger partial charge is 0.399 e. The number of nitrogen functional groups attached to an aromatic ring is 1. The van der Waals surface area contributed by atoms with Crippen LogP contribution in [0.15, 0.2) is 23.1 Å². The van der Waals surface area contributed by atoms with E-state index in [1.54, 1.807) is 12.1 Å². The van der Waals surface area contributed by atoms with Gasteiger partial charge in [0.2, 0.25) is 0 Å². The zero-order valence-electron chi connectivity index (χ0n) is 9.97. The van der Waals surface area contributed by atoms with Crippen molar-refractivity contribution in [2.75, 3.05) is 5.73 Å². The van der Waals surface area contributed by atoms with Gasteiger partial charge in [-0.2, -0.15) is 0 Å². The second kappa shape index (κ2) is 4.14. The van der Waals surface area contributed by atoms with Gasteiger partial charge in [-0.15, -0.1) is 0 Å². The SMILES string of the molecule is Nc1ccc(S(=O)(=O)C2CC3CCC2C3)c(Cl)c1. The van der Waals surface area contributed by atoms with Crippen LogP contribution in [0.4, 0.5) is 5.69 Å². The Morgan fingerprint density at radius 1 is 1.22 bits per heavy atom. The summed E-state index contributed by atoms with van der Waals surface area (Å²) in [7, 11) is -3.30. The first-order valence-corrected chi connectivity index (χ1v) is 8.20. The summed E-state index contributed by atoms with van der Waals surface area (Å²) < 4.78 is 25.3. The number of nitrogens with two attached hydrogens (primary N) is 1. The minimum Gasteiger partial charge on any atom is -0.399 e. The van der Waals surface area contributed by atoms with Crippen molar-refractivity contribution in [2.24, 2.45) is 11.8 Å². The molecule has 2 N–H and O–H groups in total. The highest BCUT2D eigenvalue weighted by Gasteiger charge is 2.46. The summed E-state index contributed by atoms with van der Waals surface area (Å²) in [5, 5.41) is 0.00940. The smallest absolute Gasteiger partial charge is 0.182 e. The van der Waals surface area contributed by atoms with Gasteiger partial charge in [-0.3, -0.25) is 0 Å². The van der Waals surface area contributed by atoms with Crippen LogP contribution in [0.1, 0.15) is 25.7 Å². The number of benzene rings is 1. The van der Waals surface area contributed by atoms with Crippen molar-refractivity contribution in [3.8, 4) is 0 Å². The molecule has 2 bridgehead atoms. The number of halogens is 1. The van der Waals surface area contributed by atoms with E-state index in [0.29, 0.717) is 17.5 Å². The Hall–Kier alpha value is -0.740. The zero-order chi connectivity index (χ0) is 12.9. The van der Waals surface area contributed by atoms with Crippen LogP contribution in [0.2, 0.25) is 5.02 Å². The Balaban J connectivity index is 2.00. The topological polar surface area (TPSA) is 60.2 Å². The summed E-state index contributed by atoms with van der Waals surface area (Å²) in [5.74, 6) is 0.927. The fourth-order valence-corrected chi connectivity index (χ4v) is 6.18. The van der Waals surface area contributed by atoms with Crippen LogP contribution in [0.25, 0.3) is 0 Å². The third kappa shape index (κ3) is 1.82. The molecular weight excluding hydrogens is 270 g/mol. The fraction of sp³-hybridized carbons (Fsp3) is 0.538.